The third-order valence-electron chi connectivity index (χ3n) is 5.62. The number of nitrogens with one attached hydrogen (secondary N) is 1. The van der Waals surface area contributed by atoms with Gasteiger partial charge < -0.3 is 10.1 Å². The maximum Gasteiger partial charge on any atom is 0.274 e. The minimum Gasteiger partial charge on any atom is -0.374 e. The van der Waals surface area contributed by atoms with Crippen molar-refractivity contribution in [2.45, 2.75) is 12.6 Å². The summed E-state index contributed by atoms with van der Waals surface area (Å²) in [7, 11) is 1.56. The van der Waals surface area contributed by atoms with Gasteiger partial charge in [0, 0.05) is 38.9 Å². The molecule has 1 aliphatic heterocycles. The largest absolute Gasteiger partial charge is 0.374 e. The Bertz CT molecular complexity index is 1280. The van der Waals surface area contributed by atoms with Gasteiger partial charge in [-0.1, -0.05) is 30.3 Å². The number of hydrogen-bond acceptors (Lipinski definition) is 6. The van der Waals surface area contributed by atoms with Crippen LogP contribution in [0.1, 0.15) is 11.1 Å². The van der Waals surface area contributed by atoms with Gasteiger partial charge in [-0.2, -0.15) is 5.26 Å². The molecular formula is C24H24FN5O2S. The molecule has 0 amide bonds. The summed E-state index contributed by atoms with van der Waals surface area (Å²) in [5.74, 6) is 0.106. The van der Waals surface area contributed by atoms with Crippen LogP contribution in [0.4, 0.5) is 10.2 Å². The minimum absolute atomic E-state index is 0.00562. The average molecular weight is 466 g/mol. The monoisotopic (exact) mass is 465 g/mol. The Morgan fingerprint density at radius 2 is 1.94 bits per heavy atom. The molecule has 7 nitrogen and oxygen atoms in total. The quantitative estimate of drug-likeness (QED) is 0.564. The zero-order chi connectivity index (χ0) is 23.4. The minimum atomic E-state index is -0.445. The zero-order valence-electron chi connectivity index (χ0n) is 18.2. The normalized spacial score (nSPS) is 16.3. The fourth-order valence-corrected chi connectivity index (χ4v) is 4.18. The van der Waals surface area contributed by atoms with Crippen molar-refractivity contribution in [2.75, 3.05) is 31.6 Å². The van der Waals surface area contributed by atoms with Gasteiger partial charge in [0.15, 0.2) is 10.3 Å². The van der Waals surface area contributed by atoms with E-state index in [1.54, 1.807) is 23.7 Å². The Labute approximate surface area is 196 Å². The Morgan fingerprint density at radius 1 is 1.21 bits per heavy atom. The van der Waals surface area contributed by atoms with Crippen molar-refractivity contribution in [1.29, 1.82) is 5.26 Å². The number of benzene rings is 2. The number of anilines is 1. The number of halogens is 1. The zero-order valence-corrected chi connectivity index (χ0v) is 19.0. The Morgan fingerprint density at radius 3 is 2.64 bits per heavy atom. The molecule has 1 unspecified atom stereocenters. The number of nitriles is 1. The summed E-state index contributed by atoms with van der Waals surface area (Å²) in [5, 5.41) is 13.0. The van der Waals surface area contributed by atoms with Gasteiger partial charge in [0.25, 0.3) is 5.56 Å². The van der Waals surface area contributed by atoms with Crippen molar-refractivity contribution >= 4 is 18.0 Å². The van der Waals surface area contributed by atoms with E-state index in [9.17, 15) is 14.4 Å². The van der Waals surface area contributed by atoms with Crippen LogP contribution in [0.2, 0.25) is 0 Å². The lowest BCUT2D eigenvalue weighted by atomic mass is 10.2. The van der Waals surface area contributed by atoms with E-state index in [0.717, 1.165) is 17.8 Å². The van der Waals surface area contributed by atoms with E-state index in [0.29, 0.717) is 32.1 Å². The van der Waals surface area contributed by atoms with Crippen LogP contribution in [0.15, 0.2) is 59.4 Å². The molecule has 0 radical (unpaired) electrons. The summed E-state index contributed by atoms with van der Waals surface area (Å²) in [4.78, 5) is 14.9. The van der Waals surface area contributed by atoms with E-state index < -0.39 is 5.56 Å². The van der Waals surface area contributed by atoms with Crippen LogP contribution in [0, 0.1) is 21.9 Å². The Kier molecular flexibility index (Phi) is 6.99. The Hall–Kier alpha value is -3.32. The fourth-order valence-electron chi connectivity index (χ4n) is 3.90. The summed E-state index contributed by atoms with van der Waals surface area (Å²) < 4.78 is 22.4. The van der Waals surface area contributed by atoms with Gasteiger partial charge in [0.05, 0.1) is 12.7 Å². The van der Waals surface area contributed by atoms with E-state index in [1.807, 2.05) is 36.4 Å². The van der Waals surface area contributed by atoms with Crippen molar-refractivity contribution in [1.82, 2.24) is 14.0 Å². The van der Waals surface area contributed by atoms with E-state index in [-0.39, 0.29) is 22.3 Å². The summed E-state index contributed by atoms with van der Waals surface area (Å²) in [6, 6.07) is 17.9. The third-order valence-corrected chi connectivity index (χ3v) is 6.08. The van der Waals surface area contributed by atoms with E-state index in [2.05, 4.69) is 10.2 Å². The second kappa shape index (κ2) is 10.1. The molecule has 170 valence electrons. The second-order valence-electron chi connectivity index (χ2n) is 7.89. The lowest BCUT2D eigenvalue weighted by molar-refractivity contribution is -0.0241. The molecule has 1 fully saturated rings. The molecule has 0 spiro atoms. The first kappa shape index (κ1) is 22.9. The molecule has 1 N–H and O–H groups in total. The molecule has 1 saturated heterocycles. The van der Waals surface area contributed by atoms with Gasteiger partial charge in [0.1, 0.15) is 17.7 Å². The number of nitrogens with zero attached hydrogens (tertiary/aromatic N) is 4. The number of aromatic nitrogens is 2. The van der Waals surface area contributed by atoms with Crippen LogP contribution in [0.25, 0.3) is 5.69 Å². The van der Waals surface area contributed by atoms with Crippen molar-refractivity contribution in [3.05, 3.63) is 86.7 Å². The summed E-state index contributed by atoms with van der Waals surface area (Å²) >= 11 is 5.54. The number of para-hydroxylation sites is 1. The molecule has 0 aliphatic carbocycles. The molecular weight excluding hydrogens is 441 g/mol. The average Bonchev–Trinajstić information content (AvgIpc) is 2.83. The molecule has 1 aromatic heterocycles. The number of rotatable bonds is 6. The smallest absolute Gasteiger partial charge is 0.274 e. The molecule has 0 saturated carbocycles. The molecule has 9 heteroatoms. The molecule has 1 aliphatic rings. The van der Waals surface area contributed by atoms with Crippen molar-refractivity contribution in [2.24, 2.45) is 7.05 Å². The highest BCUT2D eigenvalue weighted by molar-refractivity contribution is 7.71. The third kappa shape index (κ3) is 5.03. The maximum atomic E-state index is 13.2. The van der Waals surface area contributed by atoms with Gasteiger partial charge in [-0.15, -0.1) is 0 Å². The number of ether oxygens (including phenoxy) is 1. The summed E-state index contributed by atoms with van der Waals surface area (Å²) in [6.45, 7) is 3.06. The predicted molar refractivity (Wildman–Crippen MR) is 126 cm³/mol. The van der Waals surface area contributed by atoms with E-state index in [1.165, 1.54) is 16.7 Å². The maximum absolute atomic E-state index is 13.2. The van der Waals surface area contributed by atoms with E-state index >= 15 is 0 Å². The van der Waals surface area contributed by atoms with Crippen LogP contribution in [-0.2, 0) is 18.3 Å². The number of morpholine rings is 1. The molecule has 3 aromatic rings. The standard InChI is InChI=1S/C24H24FN5O2S/c1-28-23(31)21(13-26)22(30(24(28)33)19-5-3-2-4-6-19)27-14-20-16-29(11-12-32-20)15-17-7-9-18(25)10-8-17/h2-10,20,27H,11-12,14-16H2,1H3. The lowest BCUT2D eigenvalue weighted by Crippen LogP contribution is -2.45. The lowest BCUT2D eigenvalue weighted by Gasteiger charge is -2.33. The summed E-state index contributed by atoms with van der Waals surface area (Å²) in [6.07, 6.45) is -0.160. The first-order valence-corrected chi connectivity index (χ1v) is 11.0. The fraction of sp³-hybridized carbons (Fsp3) is 0.292. The highest BCUT2D eigenvalue weighted by atomic mass is 32.1. The topological polar surface area (TPSA) is 75.2 Å². The molecule has 0 bridgehead atoms. The van der Waals surface area contributed by atoms with Crippen LogP contribution in [-0.4, -0.2) is 46.4 Å². The molecule has 1 atom stereocenters. The first-order valence-electron chi connectivity index (χ1n) is 10.6. The molecule has 4 rings (SSSR count). The van der Waals surface area contributed by atoms with Crippen molar-refractivity contribution < 1.29 is 9.13 Å². The van der Waals surface area contributed by atoms with Gasteiger partial charge >= 0.3 is 0 Å². The van der Waals surface area contributed by atoms with Crippen LogP contribution < -0.4 is 10.9 Å². The molecule has 33 heavy (non-hydrogen) atoms. The van der Waals surface area contributed by atoms with E-state index in [4.69, 9.17) is 17.0 Å². The summed E-state index contributed by atoms with van der Waals surface area (Å²) in [5.41, 5.74) is 1.33. The van der Waals surface area contributed by atoms with Crippen LogP contribution in [0.5, 0.6) is 0 Å². The van der Waals surface area contributed by atoms with Crippen molar-refractivity contribution in [3.8, 4) is 11.8 Å². The van der Waals surface area contributed by atoms with Crippen LogP contribution in [0.3, 0.4) is 0 Å². The van der Waals surface area contributed by atoms with Crippen LogP contribution >= 0.6 is 12.2 Å². The SMILES string of the molecule is Cn1c(=O)c(C#N)c(NCC2CN(Cc3ccc(F)cc3)CCO2)n(-c2ccccc2)c1=S. The predicted octanol–water partition coefficient (Wildman–Crippen LogP) is 3.23. The Balaban J connectivity index is 1.56. The van der Waals surface area contributed by atoms with Crippen molar-refractivity contribution in [3.63, 3.8) is 0 Å². The van der Waals surface area contributed by atoms with Gasteiger partial charge in [-0.3, -0.25) is 18.8 Å². The first-order chi connectivity index (χ1) is 16.0. The highest BCUT2D eigenvalue weighted by Gasteiger charge is 2.23. The van der Waals surface area contributed by atoms with Gasteiger partial charge in [0.2, 0.25) is 0 Å². The van der Waals surface area contributed by atoms with Gasteiger partial charge in [-0.05, 0) is 42.0 Å². The second-order valence-corrected chi connectivity index (χ2v) is 8.25. The van der Waals surface area contributed by atoms with Gasteiger partial charge in [-0.25, -0.2) is 4.39 Å². The molecule has 2 heterocycles. The molecule has 2 aromatic carbocycles. The highest BCUT2D eigenvalue weighted by Crippen LogP contribution is 2.20. The number of hydrogen-bond donors (Lipinski definition) is 1.